The number of benzene rings is 2. The molecule has 2 aromatic carbocycles. The Kier molecular flexibility index (Phi) is 6.07. The average Bonchev–Trinajstić information content (AvgIpc) is 2.70. The maximum atomic E-state index is 12.6. The number of carbonyl (C=O) groups is 2. The largest absolute Gasteiger partial charge is 0.350 e. The van der Waals surface area contributed by atoms with Gasteiger partial charge in [-0.25, -0.2) is 4.98 Å². The SMILES string of the molecule is Cc1cccc2c(=O)n(CC(=O)NCc3ccc(NC(=O)C(C)C)cc3)cnc12. The fraction of sp³-hybridized carbons (Fsp3) is 0.273. The molecule has 1 aromatic heterocycles. The van der Waals surface area contributed by atoms with Gasteiger partial charge in [0.05, 0.1) is 17.2 Å². The lowest BCUT2D eigenvalue weighted by Gasteiger charge is -2.10. The molecule has 0 aliphatic heterocycles. The lowest BCUT2D eigenvalue weighted by Crippen LogP contribution is -2.32. The fourth-order valence-electron chi connectivity index (χ4n) is 2.85. The number of fused-ring (bicyclic) bond motifs is 1. The molecule has 0 saturated carbocycles. The van der Waals surface area contributed by atoms with Crippen LogP contribution < -0.4 is 16.2 Å². The summed E-state index contributed by atoms with van der Waals surface area (Å²) in [7, 11) is 0. The standard InChI is InChI=1S/C22H24N4O3/c1-14(2)21(28)25-17-9-7-16(8-10-17)11-23-19(27)12-26-13-24-20-15(3)5-4-6-18(20)22(26)29/h4-10,13-14H,11-12H2,1-3H3,(H,23,27)(H,25,28). The Morgan fingerprint density at radius 2 is 1.83 bits per heavy atom. The Balaban J connectivity index is 1.60. The number of hydrogen-bond acceptors (Lipinski definition) is 4. The summed E-state index contributed by atoms with van der Waals surface area (Å²) in [5.74, 6) is -0.417. The third-order valence-corrected chi connectivity index (χ3v) is 4.60. The van der Waals surface area contributed by atoms with Crippen LogP contribution in [-0.2, 0) is 22.7 Å². The zero-order valence-electron chi connectivity index (χ0n) is 16.7. The van der Waals surface area contributed by atoms with E-state index in [4.69, 9.17) is 0 Å². The predicted molar refractivity (Wildman–Crippen MR) is 112 cm³/mol. The Bertz CT molecular complexity index is 1100. The Hall–Kier alpha value is -3.48. The minimum Gasteiger partial charge on any atom is -0.350 e. The molecule has 0 spiro atoms. The van der Waals surface area contributed by atoms with Crippen LogP contribution in [0.3, 0.4) is 0 Å². The number of nitrogens with zero attached hydrogens (tertiary/aromatic N) is 2. The Labute approximate surface area is 168 Å². The van der Waals surface area contributed by atoms with Crippen molar-refractivity contribution in [3.63, 3.8) is 0 Å². The maximum Gasteiger partial charge on any atom is 0.261 e. The van der Waals surface area contributed by atoms with E-state index in [1.54, 1.807) is 24.3 Å². The van der Waals surface area contributed by atoms with Gasteiger partial charge in [0.1, 0.15) is 6.54 Å². The molecular formula is C22H24N4O3. The summed E-state index contributed by atoms with van der Waals surface area (Å²) >= 11 is 0. The van der Waals surface area contributed by atoms with E-state index in [2.05, 4.69) is 15.6 Å². The van der Waals surface area contributed by atoms with E-state index in [0.29, 0.717) is 23.1 Å². The van der Waals surface area contributed by atoms with Gasteiger partial charge in [-0.1, -0.05) is 38.1 Å². The summed E-state index contributed by atoms with van der Waals surface area (Å²) in [5.41, 5.74) is 2.94. The van der Waals surface area contributed by atoms with Gasteiger partial charge in [-0.15, -0.1) is 0 Å². The molecule has 29 heavy (non-hydrogen) atoms. The van der Waals surface area contributed by atoms with E-state index in [-0.39, 0.29) is 29.8 Å². The van der Waals surface area contributed by atoms with Crippen molar-refractivity contribution in [1.82, 2.24) is 14.9 Å². The van der Waals surface area contributed by atoms with Crippen molar-refractivity contribution in [3.05, 3.63) is 70.3 Å². The van der Waals surface area contributed by atoms with E-state index in [1.165, 1.54) is 10.9 Å². The van der Waals surface area contributed by atoms with Crippen molar-refractivity contribution in [2.24, 2.45) is 5.92 Å². The lowest BCUT2D eigenvalue weighted by molar-refractivity contribution is -0.122. The third kappa shape index (κ3) is 4.87. The smallest absolute Gasteiger partial charge is 0.261 e. The van der Waals surface area contributed by atoms with Crippen molar-refractivity contribution in [1.29, 1.82) is 0 Å². The van der Waals surface area contributed by atoms with Gasteiger partial charge < -0.3 is 10.6 Å². The average molecular weight is 392 g/mol. The number of aryl methyl sites for hydroxylation is 1. The number of hydrogen-bond donors (Lipinski definition) is 2. The second-order valence-electron chi connectivity index (χ2n) is 7.27. The van der Waals surface area contributed by atoms with Gasteiger partial charge in [0, 0.05) is 18.2 Å². The summed E-state index contributed by atoms with van der Waals surface area (Å²) in [4.78, 5) is 40.9. The van der Waals surface area contributed by atoms with Crippen molar-refractivity contribution in [2.45, 2.75) is 33.9 Å². The van der Waals surface area contributed by atoms with E-state index in [1.807, 2.05) is 39.0 Å². The van der Waals surface area contributed by atoms with E-state index in [9.17, 15) is 14.4 Å². The minimum absolute atomic E-state index is 0.0457. The second kappa shape index (κ2) is 8.68. The zero-order valence-corrected chi connectivity index (χ0v) is 16.7. The first kappa shape index (κ1) is 20.3. The molecule has 2 N–H and O–H groups in total. The number of nitrogens with one attached hydrogen (secondary N) is 2. The molecule has 150 valence electrons. The highest BCUT2D eigenvalue weighted by molar-refractivity contribution is 5.92. The van der Waals surface area contributed by atoms with Gasteiger partial charge >= 0.3 is 0 Å². The molecule has 7 nitrogen and oxygen atoms in total. The summed E-state index contributed by atoms with van der Waals surface area (Å²) in [6.07, 6.45) is 1.41. The van der Waals surface area contributed by atoms with Crippen LogP contribution in [0, 0.1) is 12.8 Å². The fourth-order valence-corrected chi connectivity index (χ4v) is 2.85. The number of carbonyl (C=O) groups excluding carboxylic acids is 2. The molecule has 0 saturated heterocycles. The molecule has 0 bridgehead atoms. The highest BCUT2D eigenvalue weighted by Crippen LogP contribution is 2.12. The van der Waals surface area contributed by atoms with Crippen LogP contribution >= 0.6 is 0 Å². The molecule has 2 amide bonds. The monoisotopic (exact) mass is 392 g/mol. The molecule has 0 unspecified atom stereocenters. The molecule has 0 fully saturated rings. The highest BCUT2D eigenvalue weighted by atomic mass is 16.2. The summed E-state index contributed by atoms with van der Waals surface area (Å²) in [6, 6.07) is 12.7. The Morgan fingerprint density at radius 1 is 1.10 bits per heavy atom. The first-order valence-corrected chi connectivity index (χ1v) is 9.46. The summed E-state index contributed by atoms with van der Waals surface area (Å²) in [5, 5.41) is 6.12. The molecule has 0 aliphatic carbocycles. The molecule has 7 heteroatoms. The summed E-state index contributed by atoms with van der Waals surface area (Å²) < 4.78 is 1.31. The quantitative estimate of drug-likeness (QED) is 0.674. The first-order chi connectivity index (χ1) is 13.8. The number of rotatable bonds is 6. The molecule has 3 rings (SSSR count). The van der Waals surface area contributed by atoms with Crippen LogP contribution in [0.2, 0.25) is 0 Å². The molecular weight excluding hydrogens is 368 g/mol. The topological polar surface area (TPSA) is 93.1 Å². The number of aromatic nitrogens is 2. The third-order valence-electron chi connectivity index (χ3n) is 4.60. The van der Waals surface area contributed by atoms with Crippen LogP contribution in [0.25, 0.3) is 10.9 Å². The number of para-hydroxylation sites is 1. The minimum atomic E-state index is -0.280. The predicted octanol–water partition coefficient (Wildman–Crippen LogP) is 2.62. The van der Waals surface area contributed by atoms with Crippen LogP contribution in [0.15, 0.2) is 53.6 Å². The van der Waals surface area contributed by atoms with Gasteiger partial charge in [0.15, 0.2) is 0 Å². The molecule has 0 atom stereocenters. The van der Waals surface area contributed by atoms with E-state index >= 15 is 0 Å². The van der Waals surface area contributed by atoms with Gasteiger partial charge in [-0.3, -0.25) is 19.0 Å². The molecule has 1 heterocycles. The second-order valence-corrected chi connectivity index (χ2v) is 7.27. The molecule has 0 aliphatic rings. The van der Waals surface area contributed by atoms with E-state index in [0.717, 1.165) is 11.1 Å². The van der Waals surface area contributed by atoms with Crippen molar-refractivity contribution in [3.8, 4) is 0 Å². The van der Waals surface area contributed by atoms with Crippen molar-refractivity contribution in [2.75, 3.05) is 5.32 Å². The van der Waals surface area contributed by atoms with Crippen LogP contribution in [0.1, 0.15) is 25.0 Å². The summed E-state index contributed by atoms with van der Waals surface area (Å²) in [6.45, 7) is 5.78. The van der Waals surface area contributed by atoms with Gasteiger partial charge in [-0.05, 0) is 36.2 Å². The van der Waals surface area contributed by atoms with Gasteiger partial charge in [0.2, 0.25) is 11.8 Å². The zero-order chi connectivity index (χ0) is 21.0. The van der Waals surface area contributed by atoms with Crippen molar-refractivity contribution < 1.29 is 9.59 Å². The van der Waals surface area contributed by atoms with Crippen molar-refractivity contribution >= 4 is 28.4 Å². The van der Waals surface area contributed by atoms with Gasteiger partial charge in [0.25, 0.3) is 5.56 Å². The number of amides is 2. The normalized spacial score (nSPS) is 10.9. The Morgan fingerprint density at radius 3 is 2.52 bits per heavy atom. The molecule has 3 aromatic rings. The first-order valence-electron chi connectivity index (χ1n) is 9.46. The lowest BCUT2D eigenvalue weighted by atomic mass is 10.1. The number of anilines is 1. The molecule has 0 radical (unpaired) electrons. The highest BCUT2D eigenvalue weighted by Gasteiger charge is 2.10. The van der Waals surface area contributed by atoms with Gasteiger partial charge in [-0.2, -0.15) is 0 Å². The van der Waals surface area contributed by atoms with Crippen LogP contribution in [0.5, 0.6) is 0 Å². The van der Waals surface area contributed by atoms with Crippen LogP contribution in [-0.4, -0.2) is 21.4 Å². The van der Waals surface area contributed by atoms with E-state index < -0.39 is 0 Å². The maximum absolute atomic E-state index is 12.6. The van der Waals surface area contributed by atoms with Crippen LogP contribution in [0.4, 0.5) is 5.69 Å².